The van der Waals surface area contributed by atoms with Gasteiger partial charge in [-0.3, -0.25) is 4.79 Å². The molecule has 164 valence electrons. The first-order chi connectivity index (χ1) is 16.1. The summed E-state index contributed by atoms with van der Waals surface area (Å²) in [5, 5.41) is 22.2. The number of nitrogens with zero attached hydrogens (tertiary/aromatic N) is 2. The van der Waals surface area contributed by atoms with Crippen molar-refractivity contribution in [1.29, 1.82) is 5.26 Å². The molecule has 4 aromatic rings. The summed E-state index contributed by atoms with van der Waals surface area (Å²) in [6, 6.07) is 20.6. The molecule has 1 atom stereocenters. The largest absolute Gasteiger partial charge is 0.481 e. The van der Waals surface area contributed by atoms with Crippen LogP contribution in [-0.2, 0) is 11.2 Å². The second-order valence-electron chi connectivity index (χ2n) is 8.33. The summed E-state index contributed by atoms with van der Waals surface area (Å²) in [5.74, 6) is -0.334. The standard InChI is InChI=1S/C27H23N3O3/c1-16-18(17-6-3-2-4-7-17)8-5-9-19(16)27-30-24-14-21-20(22(15-28)26(24)33-27)10-11-23(21)29-13-12-25(31)32/h2-9,14,23,29H,10-13H2,1H3,(H,31,32). The lowest BCUT2D eigenvalue weighted by Crippen LogP contribution is -2.22. The highest BCUT2D eigenvalue weighted by molar-refractivity contribution is 5.86. The number of aliphatic carboxylic acids is 1. The second kappa shape index (κ2) is 8.53. The van der Waals surface area contributed by atoms with Gasteiger partial charge in [0.05, 0.1) is 6.42 Å². The maximum absolute atomic E-state index is 10.9. The average molecular weight is 437 g/mol. The SMILES string of the molecule is Cc1c(-c2ccccc2)cccc1-c1nc2cc3c(c(C#N)c2o1)CCC3NCCC(=O)O. The molecule has 3 aromatic carbocycles. The van der Waals surface area contributed by atoms with Gasteiger partial charge in [-0.25, -0.2) is 4.98 Å². The Kier molecular flexibility index (Phi) is 5.41. The first-order valence-electron chi connectivity index (χ1n) is 11.0. The normalized spacial score (nSPS) is 14.8. The number of oxazole rings is 1. The maximum atomic E-state index is 10.9. The van der Waals surface area contributed by atoms with E-state index in [1.807, 2.05) is 36.4 Å². The molecule has 0 saturated heterocycles. The molecule has 1 aromatic heterocycles. The minimum atomic E-state index is -0.830. The summed E-state index contributed by atoms with van der Waals surface area (Å²) >= 11 is 0. The molecular formula is C27H23N3O3. The van der Waals surface area contributed by atoms with Gasteiger partial charge in [-0.15, -0.1) is 0 Å². The first kappa shape index (κ1) is 20.9. The third-order valence-electron chi connectivity index (χ3n) is 6.37. The Morgan fingerprint density at radius 2 is 2.00 bits per heavy atom. The third-order valence-corrected chi connectivity index (χ3v) is 6.37. The van der Waals surface area contributed by atoms with Crippen LogP contribution in [0.4, 0.5) is 0 Å². The Labute approximate surface area is 191 Å². The summed E-state index contributed by atoms with van der Waals surface area (Å²) in [4.78, 5) is 15.6. The van der Waals surface area contributed by atoms with E-state index in [1.54, 1.807) is 0 Å². The van der Waals surface area contributed by atoms with Crippen molar-refractivity contribution < 1.29 is 14.3 Å². The van der Waals surface area contributed by atoms with Crippen molar-refractivity contribution >= 4 is 17.1 Å². The lowest BCUT2D eigenvalue weighted by molar-refractivity contribution is -0.136. The molecule has 0 aliphatic heterocycles. The molecule has 1 aliphatic rings. The van der Waals surface area contributed by atoms with Crippen LogP contribution < -0.4 is 5.32 Å². The molecule has 0 fully saturated rings. The van der Waals surface area contributed by atoms with E-state index in [9.17, 15) is 10.1 Å². The minimum absolute atomic E-state index is 0.0131. The Balaban J connectivity index is 1.57. The van der Waals surface area contributed by atoms with Crippen molar-refractivity contribution in [3.63, 3.8) is 0 Å². The number of benzene rings is 3. The number of carboxylic acids is 1. The number of nitrogens with one attached hydrogen (secondary N) is 1. The zero-order valence-corrected chi connectivity index (χ0v) is 18.3. The molecule has 1 aliphatic carbocycles. The van der Waals surface area contributed by atoms with Crippen molar-refractivity contribution in [1.82, 2.24) is 10.3 Å². The summed E-state index contributed by atoms with van der Waals surface area (Å²) in [5.41, 5.74) is 7.87. The van der Waals surface area contributed by atoms with Crippen molar-refractivity contribution in [2.75, 3.05) is 6.54 Å². The molecule has 0 amide bonds. The number of fused-ring (bicyclic) bond motifs is 2. The van der Waals surface area contributed by atoms with Crippen LogP contribution in [0, 0.1) is 18.3 Å². The fraction of sp³-hybridized carbons (Fsp3) is 0.222. The molecule has 6 nitrogen and oxygen atoms in total. The van der Waals surface area contributed by atoms with Gasteiger partial charge in [0, 0.05) is 18.2 Å². The van der Waals surface area contributed by atoms with E-state index in [0.717, 1.165) is 46.2 Å². The van der Waals surface area contributed by atoms with E-state index < -0.39 is 5.97 Å². The predicted octanol–water partition coefficient (Wildman–Crippen LogP) is 5.39. The smallest absolute Gasteiger partial charge is 0.304 e. The van der Waals surface area contributed by atoms with Crippen LogP contribution in [0.2, 0.25) is 0 Å². The van der Waals surface area contributed by atoms with Crippen LogP contribution in [0.15, 0.2) is 59.0 Å². The van der Waals surface area contributed by atoms with Crippen LogP contribution in [0.25, 0.3) is 33.7 Å². The van der Waals surface area contributed by atoms with Gasteiger partial charge in [-0.2, -0.15) is 5.26 Å². The topological polar surface area (TPSA) is 99.2 Å². The Bertz CT molecular complexity index is 1400. The molecule has 0 spiro atoms. The van der Waals surface area contributed by atoms with Crippen molar-refractivity contribution in [2.45, 2.75) is 32.2 Å². The number of hydrogen-bond donors (Lipinski definition) is 2. The number of carbonyl (C=O) groups is 1. The molecule has 6 heteroatoms. The third kappa shape index (κ3) is 3.77. The Morgan fingerprint density at radius 3 is 2.76 bits per heavy atom. The molecule has 0 saturated carbocycles. The van der Waals surface area contributed by atoms with Gasteiger partial charge in [0.1, 0.15) is 17.1 Å². The minimum Gasteiger partial charge on any atom is -0.481 e. The van der Waals surface area contributed by atoms with Crippen LogP contribution in [0.5, 0.6) is 0 Å². The van der Waals surface area contributed by atoms with Crippen LogP contribution >= 0.6 is 0 Å². The number of carboxylic acid groups (broad SMARTS) is 1. The first-order valence-corrected chi connectivity index (χ1v) is 11.0. The summed E-state index contributed by atoms with van der Waals surface area (Å²) in [7, 11) is 0. The summed E-state index contributed by atoms with van der Waals surface area (Å²) < 4.78 is 6.19. The molecule has 1 heterocycles. The molecule has 1 unspecified atom stereocenters. The van der Waals surface area contributed by atoms with E-state index >= 15 is 0 Å². The quantitative estimate of drug-likeness (QED) is 0.419. The van der Waals surface area contributed by atoms with Crippen molar-refractivity contribution in [3.05, 3.63) is 76.9 Å². The highest BCUT2D eigenvalue weighted by atomic mass is 16.4. The summed E-state index contributed by atoms with van der Waals surface area (Å²) in [6.07, 6.45) is 1.63. The van der Waals surface area contributed by atoms with Crippen LogP contribution in [0.1, 0.15) is 41.1 Å². The maximum Gasteiger partial charge on any atom is 0.304 e. The lowest BCUT2D eigenvalue weighted by atomic mass is 9.96. The van der Waals surface area contributed by atoms with E-state index in [-0.39, 0.29) is 12.5 Å². The van der Waals surface area contributed by atoms with Gasteiger partial charge in [-0.05, 0) is 59.7 Å². The van der Waals surface area contributed by atoms with Crippen LogP contribution in [-0.4, -0.2) is 22.6 Å². The molecule has 0 radical (unpaired) electrons. The van der Waals surface area contributed by atoms with Crippen molar-refractivity contribution in [3.8, 4) is 28.7 Å². The Morgan fingerprint density at radius 1 is 1.21 bits per heavy atom. The molecule has 5 rings (SSSR count). The van der Waals surface area contributed by atoms with Gasteiger partial charge in [-0.1, -0.05) is 42.5 Å². The fourth-order valence-corrected chi connectivity index (χ4v) is 4.75. The molecular weight excluding hydrogens is 414 g/mol. The monoisotopic (exact) mass is 437 g/mol. The average Bonchev–Trinajstić information content (AvgIpc) is 3.42. The van der Waals surface area contributed by atoms with Gasteiger partial charge in [0.15, 0.2) is 5.58 Å². The van der Waals surface area contributed by atoms with Crippen molar-refractivity contribution in [2.24, 2.45) is 0 Å². The molecule has 0 bridgehead atoms. The second-order valence-corrected chi connectivity index (χ2v) is 8.33. The zero-order chi connectivity index (χ0) is 22.9. The van der Waals surface area contributed by atoms with Crippen LogP contribution in [0.3, 0.4) is 0 Å². The summed E-state index contributed by atoms with van der Waals surface area (Å²) in [6.45, 7) is 2.44. The number of hydrogen-bond acceptors (Lipinski definition) is 5. The van der Waals surface area contributed by atoms with E-state index in [2.05, 4.69) is 36.5 Å². The van der Waals surface area contributed by atoms with E-state index in [4.69, 9.17) is 14.5 Å². The molecule has 33 heavy (non-hydrogen) atoms. The van der Waals surface area contributed by atoms with Gasteiger partial charge >= 0.3 is 5.97 Å². The number of rotatable bonds is 6. The fourth-order valence-electron chi connectivity index (χ4n) is 4.75. The van der Waals surface area contributed by atoms with E-state index in [0.29, 0.717) is 29.1 Å². The number of aromatic nitrogens is 1. The highest BCUT2D eigenvalue weighted by Gasteiger charge is 2.28. The van der Waals surface area contributed by atoms with E-state index in [1.165, 1.54) is 0 Å². The van der Waals surface area contributed by atoms with Gasteiger partial charge in [0.2, 0.25) is 5.89 Å². The Hall–Kier alpha value is -3.95. The van der Waals surface area contributed by atoms with Gasteiger partial charge < -0.3 is 14.8 Å². The zero-order valence-electron chi connectivity index (χ0n) is 18.3. The highest BCUT2D eigenvalue weighted by Crippen LogP contribution is 2.40. The predicted molar refractivity (Wildman–Crippen MR) is 126 cm³/mol. The lowest BCUT2D eigenvalue weighted by Gasteiger charge is -2.13. The number of nitriles is 1. The van der Waals surface area contributed by atoms with Gasteiger partial charge in [0.25, 0.3) is 0 Å². The molecule has 2 N–H and O–H groups in total.